The number of carbonyl (C=O) groups excluding carboxylic acids is 2. The van der Waals surface area contributed by atoms with Gasteiger partial charge in [-0.25, -0.2) is 9.97 Å². The number of carbonyl (C=O) groups is 2. The van der Waals surface area contributed by atoms with Gasteiger partial charge in [0.05, 0.1) is 30.5 Å². The number of aromatic nitrogens is 3. The number of hydrogen-bond acceptors (Lipinski definition) is 8. The highest BCUT2D eigenvalue weighted by Crippen LogP contribution is 2.34. The monoisotopic (exact) mass is 420 g/mol. The third-order valence-electron chi connectivity index (χ3n) is 4.72. The van der Waals surface area contributed by atoms with Gasteiger partial charge in [0.2, 0.25) is 5.91 Å². The van der Waals surface area contributed by atoms with Gasteiger partial charge in [0, 0.05) is 23.1 Å². The van der Waals surface area contributed by atoms with Crippen molar-refractivity contribution >= 4 is 40.1 Å². The molecule has 0 saturated heterocycles. The minimum absolute atomic E-state index is 0.00581. The van der Waals surface area contributed by atoms with Crippen LogP contribution in [0.1, 0.15) is 42.8 Å². The summed E-state index contributed by atoms with van der Waals surface area (Å²) in [4.78, 5) is 45.7. The highest BCUT2D eigenvalue weighted by Gasteiger charge is 2.31. The van der Waals surface area contributed by atoms with Gasteiger partial charge in [0.1, 0.15) is 0 Å². The van der Waals surface area contributed by atoms with Crippen molar-refractivity contribution in [3.63, 3.8) is 0 Å². The van der Waals surface area contributed by atoms with E-state index in [0.717, 1.165) is 35.7 Å². The molecule has 2 aromatic rings. The minimum Gasteiger partial charge on any atom is -0.466 e. The molecule has 1 N–H and O–H groups in total. The summed E-state index contributed by atoms with van der Waals surface area (Å²) in [6, 6.07) is -0.204. The quantitative estimate of drug-likeness (QED) is 0.563. The Morgan fingerprint density at radius 3 is 3.04 bits per heavy atom. The molecule has 8 nitrogen and oxygen atoms in total. The van der Waals surface area contributed by atoms with Gasteiger partial charge in [-0.05, 0) is 26.2 Å². The van der Waals surface area contributed by atoms with E-state index in [4.69, 9.17) is 4.74 Å². The van der Waals surface area contributed by atoms with Crippen LogP contribution in [-0.4, -0.2) is 38.8 Å². The molecular formula is C18H20N4O4S2. The molecule has 0 fully saturated rings. The van der Waals surface area contributed by atoms with Crippen LogP contribution >= 0.6 is 23.1 Å². The molecule has 1 unspecified atom stereocenters. The van der Waals surface area contributed by atoms with Crippen molar-refractivity contribution in [3.8, 4) is 0 Å². The van der Waals surface area contributed by atoms with Crippen molar-refractivity contribution in [1.29, 1.82) is 0 Å². The van der Waals surface area contributed by atoms with E-state index in [1.54, 1.807) is 16.9 Å². The Kier molecular flexibility index (Phi) is 5.49. The summed E-state index contributed by atoms with van der Waals surface area (Å²) in [5, 5.41) is 5.65. The summed E-state index contributed by atoms with van der Waals surface area (Å²) >= 11 is 2.79. The van der Waals surface area contributed by atoms with E-state index in [0.29, 0.717) is 23.2 Å². The van der Waals surface area contributed by atoms with Crippen LogP contribution in [0, 0.1) is 0 Å². The highest BCUT2D eigenvalue weighted by molar-refractivity contribution is 7.99. The number of aryl methyl sites for hydroxylation is 1. The number of ether oxygens (including phenoxy) is 1. The van der Waals surface area contributed by atoms with Crippen LogP contribution in [0.4, 0.5) is 5.13 Å². The summed E-state index contributed by atoms with van der Waals surface area (Å²) in [6.07, 6.45) is 2.87. The lowest BCUT2D eigenvalue weighted by molar-refractivity contribution is -0.142. The lowest BCUT2D eigenvalue weighted by atomic mass is 10.2. The SMILES string of the molecule is CCOC(=O)Cc1csc(NC(=O)CC2CSc3nc4c(c(=O)n32)CCC4)n1. The van der Waals surface area contributed by atoms with E-state index in [9.17, 15) is 14.4 Å². The predicted molar refractivity (Wildman–Crippen MR) is 106 cm³/mol. The molecule has 2 aromatic heterocycles. The van der Waals surface area contributed by atoms with Crippen LogP contribution in [0.3, 0.4) is 0 Å². The number of thiazole rings is 1. The second kappa shape index (κ2) is 8.04. The van der Waals surface area contributed by atoms with Gasteiger partial charge < -0.3 is 10.1 Å². The molecule has 1 atom stereocenters. The lowest BCUT2D eigenvalue weighted by Crippen LogP contribution is -2.30. The van der Waals surface area contributed by atoms with Crippen LogP contribution in [0.15, 0.2) is 15.3 Å². The molecule has 3 heterocycles. The molecule has 1 aliphatic heterocycles. The van der Waals surface area contributed by atoms with Crippen LogP contribution < -0.4 is 10.9 Å². The zero-order valence-electron chi connectivity index (χ0n) is 15.4. The maximum atomic E-state index is 12.8. The average Bonchev–Trinajstić information content (AvgIpc) is 3.36. The van der Waals surface area contributed by atoms with Crippen molar-refractivity contribution in [2.24, 2.45) is 0 Å². The molecule has 0 radical (unpaired) electrons. The maximum Gasteiger partial charge on any atom is 0.311 e. The van der Waals surface area contributed by atoms with E-state index >= 15 is 0 Å². The first-order valence-electron chi connectivity index (χ1n) is 9.22. The first-order chi connectivity index (χ1) is 13.5. The van der Waals surface area contributed by atoms with Crippen LogP contribution in [0.2, 0.25) is 0 Å². The number of nitrogens with one attached hydrogen (secondary N) is 1. The topological polar surface area (TPSA) is 103 Å². The van der Waals surface area contributed by atoms with Crippen LogP contribution in [0.5, 0.6) is 0 Å². The molecule has 0 aromatic carbocycles. The number of hydrogen-bond donors (Lipinski definition) is 1. The Hall–Kier alpha value is -2.20. The van der Waals surface area contributed by atoms with Crippen molar-refractivity contribution in [1.82, 2.24) is 14.5 Å². The Morgan fingerprint density at radius 1 is 1.36 bits per heavy atom. The molecule has 28 heavy (non-hydrogen) atoms. The normalized spacial score (nSPS) is 17.2. The van der Waals surface area contributed by atoms with Crippen molar-refractivity contribution in [2.75, 3.05) is 17.7 Å². The Balaban J connectivity index is 1.41. The molecule has 10 heteroatoms. The van der Waals surface area contributed by atoms with Crippen molar-refractivity contribution < 1.29 is 14.3 Å². The Labute approximate surface area is 169 Å². The number of nitrogens with zero attached hydrogens (tertiary/aromatic N) is 3. The van der Waals surface area contributed by atoms with E-state index in [2.05, 4.69) is 15.3 Å². The van der Waals surface area contributed by atoms with Gasteiger partial charge in [-0.2, -0.15) is 0 Å². The van der Waals surface area contributed by atoms with Gasteiger partial charge in [-0.1, -0.05) is 11.8 Å². The fourth-order valence-corrected chi connectivity index (χ4v) is 5.37. The maximum absolute atomic E-state index is 12.8. The van der Waals surface area contributed by atoms with E-state index in [-0.39, 0.29) is 36.3 Å². The van der Waals surface area contributed by atoms with E-state index in [1.165, 1.54) is 23.1 Å². The standard InChI is InChI=1S/C18H20N4O4S2/c1-2-26-15(24)6-10-8-27-17(19-10)21-14(23)7-11-9-28-18-20-13-5-3-4-12(13)16(25)22(11)18/h8,11H,2-7,9H2,1H3,(H,19,21,23). The van der Waals surface area contributed by atoms with E-state index in [1.807, 2.05) is 0 Å². The molecule has 2 aliphatic rings. The van der Waals surface area contributed by atoms with Crippen LogP contribution in [0.25, 0.3) is 0 Å². The zero-order valence-corrected chi connectivity index (χ0v) is 17.0. The second-order valence-electron chi connectivity index (χ2n) is 6.69. The van der Waals surface area contributed by atoms with Gasteiger partial charge >= 0.3 is 5.97 Å². The molecule has 0 bridgehead atoms. The summed E-state index contributed by atoms with van der Waals surface area (Å²) in [5.41, 5.74) is 2.30. The minimum atomic E-state index is -0.343. The fourth-order valence-electron chi connectivity index (χ4n) is 3.49. The number of esters is 1. The van der Waals surface area contributed by atoms with Crippen molar-refractivity contribution in [3.05, 3.63) is 32.7 Å². The van der Waals surface area contributed by atoms with Gasteiger partial charge in [0.15, 0.2) is 10.3 Å². The summed E-state index contributed by atoms with van der Waals surface area (Å²) < 4.78 is 6.58. The van der Waals surface area contributed by atoms with Gasteiger partial charge in [-0.3, -0.25) is 19.0 Å². The Morgan fingerprint density at radius 2 is 2.21 bits per heavy atom. The first kappa shape index (κ1) is 19.1. The summed E-state index contributed by atoms with van der Waals surface area (Å²) in [7, 11) is 0. The molecule has 148 valence electrons. The fraction of sp³-hybridized carbons (Fsp3) is 0.500. The summed E-state index contributed by atoms with van der Waals surface area (Å²) in [6.45, 7) is 2.07. The van der Waals surface area contributed by atoms with Crippen LogP contribution in [-0.2, 0) is 33.6 Å². The number of thioether (sulfide) groups is 1. The van der Waals surface area contributed by atoms with Crippen molar-refractivity contribution in [2.45, 2.75) is 50.2 Å². The smallest absolute Gasteiger partial charge is 0.311 e. The number of anilines is 1. The molecule has 4 rings (SSSR count). The third kappa shape index (κ3) is 3.83. The zero-order chi connectivity index (χ0) is 19.7. The first-order valence-corrected chi connectivity index (χ1v) is 11.1. The number of amides is 1. The lowest BCUT2D eigenvalue weighted by Gasteiger charge is -2.13. The second-order valence-corrected chi connectivity index (χ2v) is 8.54. The summed E-state index contributed by atoms with van der Waals surface area (Å²) in [5.74, 6) is 0.109. The third-order valence-corrected chi connectivity index (χ3v) is 6.63. The van der Waals surface area contributed by atoms with E-state index < -0.39 is 0 Å². The highest BCUT2D eigenvalue weighted by atomic mass is 32.2. The van der Waals surface area contributed by atoms with Gasteiger partial charge in [-0.15, -0.1) is 11.3 Å². The number of fused-ring (bicyclic) bond motifs is 2. The molecule has 1 amide bonds. The molecule has 0 spiro atoms. The predicted octanol–water partition coefficient (Wildman–Crippen LogP) is 1.97. The molecule has 0 saturated carbocycles. The number of rotatable bonds is 6. The largest absolute Gasteiger partial charge is 0.466 e. The van der Waals surface area contributed by atoms with Gasteiger partial charge in [0.25, 0.3) is 5.56 Å². The molecule has 1 aliphatic carbocycles. The average molecular weight is 421 g/mol. The Bertz CT molecular complexity index is 984. The molecular weight excluding hydrogens is 400 g/mol.